The second-order valence-corrected chi connectivity index (χ2v) is 6.23. The second-order valence-electron chi connectivity index (χ2n) is 6.23. The van der Waals surface area contributed by atoms with E-state index in [-0.39, 0.29) is 11.8 Å². The van der Waals surface area contributed by atoms with Crippen LogP contribution in [0.4, 0.5) is 5.69 Å². The number of hydrogen-bond donors (Lipinski definition) is 2. The van der Waals surface area contributed by atoms with Crippen molar-refractivity contribution in [1.29, 1.82) is 0 Å². The fourth-order valence-electron chi connectivity index (χ4n) is 2.66. The molecule has 0 fully saturated rings. The first-order valence-electron chi connectivity index (χ1n) is 8.86. The number of carbonyl (C=O) groups excluding carboxylic acids is 2. The first-order chi connectivity index (χ1) is 13.1. The van der Waals surface area contributed by atoms with E-state index in [1.54, 1.807) is 30.5 Å². The summed E-state index contributed by atoms with van der Waals surface area (Å²) in [4.78, 5) is 24.7. The maximum Gasteiger partial charge on any atom is 0.255 e. The predicted octanol–water partition coefficient (Wildman–Crippen LogP) is 3.26. The van der Waals surface area contributed by atoms with Crippen LogP contribution in [0.15, 0.2) is 67.0 Å². The number of anilines is 1. The summed E-state index contributed by atoms with van der Waals surface area (Å²) in [5.74, 6) is -0.360. The Balaban J connectivity index is 1.58. The summed E-state index contributed by atoms with van der Waals surface area (Å²) < 4.78 is 1.83. The lowest BCUT2D eigenvalue weighted by atomic mass is 10.1. The van der Waals surface area contributed by atoms with Crippen molar-refractivity contribution < 1.29 is 9.59 Å². The minimum atomic E-state index is -0.199. The van der Waals surface area contributed by atoms with E-state index in [9.17, 15) is 9.59 Å². The third-order valence-electron chi connectivity index (χ3n) is 4.19. The van der Waals surface area contributed by atoms with E-state index in [1.807, 2.05) is 48.1 Å². The molecule has 3 rings (SSSR count). The molecule has 138 valence electrons. The van der Waals surface area contributed by atoms with Gasteiger partial charge in [0.2, 0.25) is 0 Å². The summed E-state index contributed by atoms with van der Waals surface area (Å²) in [5.41, 5.74) is 2.62. The molecule has 0 aliphatic carbocycles. The average molecular weight is 362 g/mol. The topological polar surface area (TPSA) is 76.0 Å². The number of hydrogen-bond acceptors (Lipinski definition) is 3. The van der Waals surface area contributed by atoms with Gasteiger partial charge in [-0.1, -0.05) is 24.3 Å². The lowest BCUT2D eigenvalue weighted by Crippen LogP contribution is -2.25. The Morgan fingerprint density at radius 2 is 1.81 bits per heavy atom. The van der Waals surface area contributed by atoms with Gasteiger partial charge in [0.25, 0.3) is 11.8 Å². The quantitative estimate of drug-likeness (QED) is 0.634. The van der Waals surface area contributed by atoms with Gasteiger partial charge in [0.15, 0.2) is 0 Å². The number of benzene rings is 2. The number of aromatic nitrogens is 2. The minimum Gasteiger partial charge on any atom is -0.352 e. The summed E-state index contributed by atoms with van der Waals surface area (Å²) in [7, 11) is 0. The molecule has 2 amide bonds. The molecule has 0 spiro atoms. The number of nitrogens with one attached hydrogen (secondary N) is 2. The van der Waals surface area contributed by atoms with Crippen LogP contribution in [0.3, 0.4) is 0 Å². The summed E-state index contributed by atoms with van der Waals surface area (Å²) in [6.45, 7) is 3.20. The molecule has 0 radical (unpaired) electrons. The SMILES string of the molecule is Cc1ccc(C(=O)NCCCn2cccn2)cc1NC(=O)c1ccccc1. The van der Waals surface area contributed by atoms with E-state index in [2.05, 4.69) is 15.7 Å². The molecule has 6 heteroatoms. The number of rotatable bonds is 7. The fourth-order valence-corrected chi connectivity index (χ4v) is 2.66. The van der Waals surface area contributed by atoms with Crippen LogP contribution in [-0.2, 0) is 6.54 Å². The van der Waals surface area contributed by atoms with Gasteiger partial charge in [-0.25, -0.2) is 0 Å². The molecule has 0 unspecified atom stereocenters. The Bertz CT molecular complexity index is 905. The molecule has 2 N–H and O–H groups in total. The van der Waals surface area contributed by atoms with E-state index < -0.39 is 0 Å². The molecular formula is C21H22N4O2. The molecule has 3 aromatic rings. The largest absolute Gasteiger partial charge is 0.352 e. The zero-order valence-electron chi connectivity index (χ0n) is 15.2. The molecule has 0 saturated heterocycles. The van der Waals surface area contributed by atoms with E-state index in [0.29, 0.717) is 23.4 Å². The van der Waals surface area contributed by atoms with Gasteiger partial charge in [-0.05, 0) is 49.2 Å². The van der Waals surface area contributed by atoms with E-state index in [4.69, 9.17) is 0 Å². The molecule has 0 bridgehead atoms. The molecular weight excluding hydrogens is 340 g/mol. The highest BCUT2D eigenvalue weighted by Gasteiger charge is 2.11. The van der Waals surface area contributed by atoms with Crippen molar-refractivity contribution in [1.82, 2.24) is 15.1 Å². The van der Waals surface area contributed by atoms with Crippen molar-refractivity contribution in [2.24, 2.45) is 0 Å². The Hall–Kier alpha value is -3.41. The first kappa shape index (κ1) is 18.4. The van der Waals surface area contributed by atoms with Gasteiger partial charge in [0, 0.05) is 42.3 Å². The lowest BCUT2D eigenvalue weighted by Gasteiger charge is -2.11. The molecule has 27 heavy (non-hydrogen) atoms. The van der Waals surface area contributed by atoms with Crippen LogP contribution in [-0.4, -0.2) is 28.1 Å². The zero-order chi connectivity index (χ0) is 19.1. The third kappa shape index (κ3) is 5.04. The molecule has 1 aromatic heterocycles. The van der Waals surface area contributed by atoms with Gasteiger partial charge in [-0.2, -0.15) is 5.10 Å². The normalized spacial score (nSPS) is 10.4. The summed E-state index contributed by atoms with van der Waals surface area (Å²) >= 11 is 0. The van der Waals surface area contributed by atoms with Crippen molar-refractivity contribution in [3.63, 3.8) is 0 Å². The number of carbonyl (C=O) groups is 2. The third-order valence-corrected chi connectivity index (χ3v) is 4.19. The predicted molar refractivity (Wildman–Crippen MR) is 105 cm³/mol. The van der Waals surface area contributed by atoms with Crippen LogP contribution in [0, 0.1) is 6.92 Å². The van der Waals surface area contributed by atoms with Crippen LogP contribution in [0.1, 0.15) is 32.7 Å². The Morgan fingerprint density at radius 1 is 1.00 bits per heavy atom. The van der Waals surface area contributed by atoms with Gasteiger partial charge in [-0.3, -0.25) is 14.3 Å². The molecule has 0 aliphatic heterocycles. The Morgan fingerprint density at radius 3 is 2.56 bits per heavy atom. The van der Waals surface area contributed by atoms with Crippen LogP contribution >= 0.6 is 0 Å². The molecule has 2 aromatic carbocycles. The van der Waals surface area contributed by atoms with E-state index >= 15 is 0 Å². The van der Waals surface area contributed by atoms with Crippen LogP contribution < -0.4 is 10.6 Å². The van der Waals surface area contributed by atoms with Crippen molar-refractivity contribution >= 4 is 17.5 Å². The van der Waals surface area contributed by atoms with Crippen LogP contribution in [0.2, 0.25) is 0 Å². The molecule has 0 aliphatic rings. The molecule has 0 saturated carbocycles. The van der Waals surface area contributed by atoms with Crippen LogP contribution in [0.25, 0.3) is 0 Å². The lowest BCUT2D eigenvalue weighted by molar-refractivity contribution is 0.0951. The maximum atomic E-state index is 12.4. The molecule has 0 atom stereocenters. The van der Waals surface area contributed by atoms with Crippen molar-refractivity contribution in [3.8, 4) is 0 Å². The highest BCUT2D eigenvalue weighted by atomic mass is 16.2. The summed E-state index contributed by atoms with van der Waals surface area (Å²) in [6, 6.07) is 16.2. The Labute approximate surface area is 158 Å². The maximum absolute atomic E-state index is 12.4. The van der Waals surface area contributed by atoms with Crippen molar-refractivity contribution in [2.45, 2.75) is 19.9 Å². The van der Waals surface area contributed by atoms with Crippen molar-refractivity contribution in [2.75, 3.05) is 11.9 Å². The minimum absolute atomic E-state index is 0.161. The van der Waals surface area contributed by atoms with Gasteiger partial charge in [0.05, 0.1) is 0 Å². The first-order valence-corrected chi connectivity index (χ1v) is 8.86. The van der Waals surface area contributed by atoms with Gasteiger partial charge in [-0.15, -0.1) is 0 Å². The number of amides is 2. The standard InChI is InChI=1S/C21H22N4O2/c1-16-9-10-18(20(26)22-11-5-13-25-14-6-12-23-25)15-19(16)24-21(27)17-7-3-2-4-8-17/h2-4,6-10,12,14-15H,5,11,13H2,1H3,(H,22,26)(H,24,27). The second kappa shape index (κ2) is 8.80. The van der Waals surface area contributed by atoms with E-state index in [0.717, 1.165) is 18.5 Å². The number of aryl methyl sites for hydroxylation is 2. The average Bonchev–Trinajstić information content (AvgIpc) is 3.21. The number of nitrogens with zero attached hydrogens (tertiary/aromatic N) is 2. The highest BCUT2D eigenvalue weighted by molar-refractivity contribution is 6.05. The van der Waals surface area contributed by atoms with Gasteiger partial charge >= 0.3 is 0 Å². The zero-order valence-corrected chi connectivity index (χ0v) is 15.2. The Kier molecular flexibility index (Phi) is 5.99. The monoisotopic (exact) mass is 362 g/mol. The summed E-state index contributed by atoms with van der Waals surface area (Å²) in [5, 5.41) is 9.91. The molecule has 6 nitrogen and oxygen atoms in total. The smallest absolute Gasteiger partial charge is 0.255 e. The van der Waals surface area contributed by atoms with Gasteiger partial charge in [0.1, 0.15) is 0 Å². The fraction of sp³-hybridized carbons (Fsp3) is 0.190. The highest BCUT2D eigenvalue weighted by Crippen LogP contribution is 2.18. The van der Waals surface area contributed by atoms with E-state index in [1.165, 1.54) is 0 Å². The van der Waals surface area contributed by atoms with Crippen LogP contribution in [0.5, 0.6) is 0 Å². The summed E-state index contributed by atoms with van der Waals surface area (Å²) in [6.07, 6.45) is 4.41. The molecule has 1 heterocycles. The van der Waals surface area contributed by atoms with Crippen molar-refractivity contribution in [3.05, 3.63) is 83.7 Å². The van der Waals surface area contributed by atoms with Gasteiger partial charge < -0.3 is 10.6 Å².